The van der Waals surface area contributed by atoms with Crippen LogP contribution in [0.4, 0.5) is 4.79 Å². The van der Waals surface area contributed by atoms with Gasteiger partial charge in [-0.2, -0.15) is 0 Å². The van der Waals surface area contributed by atoms with Gasteiger partial charge in [0.05, 0.1) is 12.7 Å². The lowest BCUT2D eigenvalue weighted by atomic mass is 9.91. The molecule has 0 aromatic carbocycles. The third-order valence-corrected chi connectivity index (χ3v) is 3.25. The molecule has 0 aromatic heterocycles. The number of hydrogen-bond donors (Lipinski definition) is 4. The average molecular weight is 288 g/mol. The van der Waals surface area contributed by atoms with Gasteiger partial charge in [0.2, 0.25) is 0 Å². The van der Waals surface area contributed by atoms with Crippen molar-refractivity contribution in [1.29, 1.82) is 0 Å². The Kier molecular flexibility index (Phi) is 6.71. The second kappa shape index (κ2) is 7.81. The summed E-state index contributed by atoms with van der Waals surface area (Å²) >= 11 is 0. The van der Waals surface area contributed by atoms with E-state index in [9.17, 15) is 9.90 Å². The fraction of sp³-hybridized carbons (Fsp3) is 0.929. The minimum absolute atomic E-state index is 0.0994. The summed E-state index contributed by atoms with van der Waals surface area (Å²) in [5, 5.41) is 24.2. The van der Waals surface area contributed by atoms with Gasteiger partial charge in [-0.1, -0.05) is 0 Å². The standard InChI is InChI=1S/C14H28N2O4/c1-14(2,3)20-13(19)16-11-6-4-5-10(7-11)15-8-12(18)9-17/h10-12,15,17-18H,4-9H2,1-3H3,(H,16,19). The molecule has 1 rings (SSSR count). The fourth-order valence-corrected chi connectivity index (χ4v) is 2.35. The van der Waals surface area contributed by atoms with Gasteiger partial charge in [-0.05, 0) is 46.5 Å². The van der Waals surface area contributed by atoms with Crippen molar-refractivity contribution in [3.05, 3.63) is 0 Å². The SMILES string of the molecule is CC(C)(C)OC(=O)NC1CCCC(NCC(O)CO)C1. The topological polar surface area (TPSA) is 90.8 Å². The molecule has 0 heterocycles. The minimum atomic E-state index is -0.728. The zero-order chi connectivity index (χ0) is 15.2. The van der Waals surface area contributed by atoms with E-state index >= 15 is 0 Å². The van der Waals surface area contributed by atoms with E-state index in [1.165, 1.54) is 0 Å². The number of nitrogens with one attached hydrogen (secondary N) is 2. The summed E-state index contributed by atoms with van der Waals surface area (Å²) < 4.78 is 5.25. The molecule has 6 nitrogen and oxygen atoms in total. The minimum Gasteiger partial charge on any atom is -0.444 e. The second-order valence-corrected chi connectivity index (χ2v) is 6.45. The van der Waals surface area contributed by atoms with Gasteiger partial charge in [0.25, 0.3) is 0 Å². The molecule has 6 heteroatoms. The van der Waals surface area contributed by atoms with Gasteiger partial charge in [0.1, 0.15) is 5.60 Å². The zero-order valence-corrected chi connectivity index (χ0v) is 12.7. The molecule has 0 radical (unpaired) electrons. The van der Waals surface area contributed by atoms with Crippen LogP contribution in [0.3, 0.4) is 0 Å². The molecule has 118 valence electrons. The van der Waals surface area contributed by atoms with Crippen molar-refractivity contribution in [2.75, 3.05) is 13.2 Å². The Morgan fingerprint density at radius 1 is 1.35 bits per heavy atom. The molecule has 1 aliphatic rings. The normalized spacial score (nSPS) is 25.1. The van der Waals surface area contributed by atoms with Crippen LogP contribution in [0.5, 0.6) is 0 Å². The number of rotatable bonds is 5. The maximum atomic E-state index is 11.7. The van der Waals surface area contributed by atoms with Crippen molar-refractivity contribution in [2.24, 2.45) is 0 Å². The van der Waals surface area contributed by atoms with Crippen LogP contribution < -0.4 is 10.6 Å². The first-order valence-corrected chi connectivity index (χ1v) is 7.32. The molecule has 4 N–H and O–H groups in total. The highest BCUT2D eigenvalue weighted by atomic mass is 16.6. The monoisotopic (exact) mass is 288 g/mol. The third kappa shape index (κ3) is 7.07. The molecular weight excluding hydrogens is 260 g/mol. The van der Waals surface area contributed by atoms with E-state index in [-0.39, 0.29) is 24.8 Å². The van der Waals surface area contributed by atoms with Crippen LogP contribution in [0.1, 0.15) is 46.5 Å². The lowest BCUT2D eigenvalue weighted by Gasteiger charge is -2.31. The van der Waals surface area contributed by atoms with Gasteiger partial charge in [-0.15, -0.1) is 0 Å². The molecule has 0 aliphatic heterocycles. The Morgan fingerprint density at radius 2 is 2.00 bits per heavy atom. The van der Waals surface area contributed by atoms with Crippen molar-refractivity contribution in [2.45, 2.75) is 70.2 Å². The number of alkyl carbamates (subject to hydrolysis) is 1. The largest absolute Gasteiger partial charge is 0.444 e. The van der Waals surface area contributed by atoms with Crippen LogP contribution in [0.25, 0.3) is 0 Å². The van der Waals surface area contributed by atoms with Crippen LogP contribution in [0.15, 0.2) is 0 Å². The maximum Gasteiger partial charge on any atom is 0.407 e. The highest BCUT2D eigenvalue weighted by molar-refractivity contribution is 5.68. The quantitative estimate of drug-likeness (QED) is 0.600. The average Bonchev–Trinajstić information content (AvgIpc) is 2.34. The van der Waals surface area contributed by atoms with Gasteiger partial charge in [-0.3, -0.25) is 0 Å². The Hall–Kier alpha value is -0.850. The number of hydrogen-bond acceptors (Lipinski definition) is 5. The highest BCUT2D eigenvalue weighted by Gasteiger charge is 2.25. The van der Waals surface area contributed by atoms with E-state index in [0.717, 1.165) is 25.7 Å². The Bertz CT molecular complexity index is 304. The zero-order valence-electron chi connectivity index (χ0n) is 12.7. The van der Waals surface area contributed by atoms with Crippen LogP contribution in [0, 0.1) is 0 Å². The lowest BCUT2D eigenvalue weighted by molar-refractivity contribution is 0.0485. The van der Waals surface area contributed by atoms with Crippen molar-refractivity contribution in [3.63, 3.8) is 0 Å². The molecule has 1 fully saturated rings. The smallest absolute Gasteiger partial charge is 0.407 e. The number of aliphatic hydroxyl groups excluding tert-OH is 2. The molecule has 1 saturated carbocycles. The number of carbonyl (C=O) groups is 1. The van der Waals surface area contributed by atoms with E-state index in [4.69, 9.17) is 9.84 Å². The van der Waals surface area contributed by atoms with E-state index in [2.05, 4.69) is 10.6 Å². The Balaban J connectivity index is 2.31. The molecule has 0 aromatic rings. The van der Waals surface area contributed by atoms with Crippen molar-refractivity contribution >= 4 is 6.09 Å². The van der Waals surface area contributed by atoms with Gasteiger partial charge in [0.15, 0.2) is 0 Å². The van der Waals surface area contributed by atoms with E-state index in [1.807, 2.05) is 20.8 Å². The number of carbonyl (C=O) groups excluding carboxylic acids is 1. The van der Waals surface area contributed by atoms with Crippen molar-refractivity contribution in [1.82, 2.24) is 10.6 Å². The molecule has 20 heavy (non-hydrogen) atoms. The first-order chi connectivity index (χ1) is 9.30. The van der Waals surface area contributed by atoms with Gasteiger partial charge < -0.3 is 25.6 Å². The molecule has 3 unspecified atom stereocenters. The summed E-state index contributed by atoms with van der Waals surface area (Å²) in [4.78, 5) is 11.7. The van der Waals surface area contributed by atoms with E-state index in [1.54, 1.807) is 0 Å². The molecule has 0 bridgehead atoms. The van der Waals surface area contributed by atoms with Crippen LogP contribution in [-0.4, -0.2) is 53.2 Å². The summed E-state index contributed by atoms with van der Waals surface area (Å²) in [6, 6.07) is 0.354. The first-order valence-electron chi connectivity index (χ1n) is 7.32. The van der Waals surface area contributed by atoms with Gasteiger partial charge in [-0.25, -0.2) is 4.79 Å². The van der Waals surface area contributed by atoms with Crippen molar-refractivity contribution < 1.29 is 19.7 Å². The second-order valence-electron chi connectivity index (χ2n) is 6.45. The summed E-state index contributed by atoms with van der Waals surface area (Å²) in [6.45, 7) is 5.66. The maximum absolute atomic E-state index is 11.7. The summed E-state index contributed by atoms with van der Waals surface area (Å²) in [5.74, 6) is 0. The number of aliphatic hydroxyl groups is 2. The van der Waals surface area contributed by atoms with Gasteiger partial charge >= 0.3 is 6.09 Å². The predicted molar refractivity (Wildman–Crippen MR) is 76.5 cm³/mol. The van der Waals surface area contributed by atoms with Gasteiger partial charge in [0, 0.05) is 18.6 Å². The molecule has 0 saturated heterocycles. The lowest BCUT2D eigenvalue weighted by Crippen LogP contribution is -2.47. The van der Waals surface area contributed by atoms with Crippen molar-refractivity contribution in [3.8, 4) is 0 Å². The first kappa shape index (κ1) is 17.2. The van der Waals surface area contributed by atoms with E-state index in [0.29, 0.717) is 6.54 Å². The fourth-order valence-electron chi connectivity index (χ4n) is 2.35. The molecule has 0 spiro atoms. The summed E-state index contributed by atoms with van der Waals surface area (Å²) in [6.07, 6.45) is 2.70. The molecular formula is C14H28N2O4. The van der Waals surface area contributed by atoms with Crippen LogP contribution >= 0.6 is 0 Å². The number of ether oxygens (including phenoxy) is 1. The highest BCUT2D eigenvalue weighted by Crippen LogP contribution is 2.19. The summed E-state index contributed by atoms with van der Waals surface area (Å²) in [5.41, 5.74) is -0.484. The molecule has 1 amide bonds. The predicted octanol–water partition coefficient (Wildman–Crippen LogP) is 0.765. The molecule has 1 aliphatic carbocycles. The van der Waals surface area contributed by atoms with Crippen LogP contribution in [-0.2, 0) is 4.74 Å². The van der Waals surface area contributed by atoms with E-state index < -0.39 is 11.7 Å². The number of amides is 1. The molecule has 3 atom stereocenters. The Morgan fingerprint density at radius 3 is 2.60 bits per heavy atom. The Labute approximate surface area is 120 Å². The summed E-state index contributed by atoms with van der Waals surface area (Å²) in [7, 11) is 0. The third-order valence-electron chi connectivity index (χ3n) is 3.25. The van der Waals surface area contributed by atoms with Crippen LogP contribution in [0.2, 0.25) is 0 Å².